The maximum absolute atomic E-state index is 12.9. The molecule has 116 valence electrons. The Morgan fingerprint density at radius 3 is 2.52 bits per heavy atom. The van der Waals surface area contributed by atoms with E-state index in [1.807, 2.05) is 11.8 Å². The Bertz CT molecular complexity index is 441. The highest BCUT2D eigenvalue weighted by Gasteiger charge is 2.23. The Balaban J connectivity index is 1.86. The Morgan fingerprint density at radius 2 is 1.90 bits per heavy atom. The highest BCUT2D eigenvalue weighted by molar-refractivity contribution is 5.76. The second kappa shape index (κ2) is 8.01. The fourth-order valence-corrected chi connectivity index (χ4v) is 3.00. The molecule has 0 aliphatic heterocycles. The molecular weight excluding hydrogens is 267 g/mol. The summed E-state index contributed by atoms with van der Waals surface area (Å²) in [5.74, 6) is 0.00773. The predicted octanol–water partition coefficient (Wildman–Crippen LogP) is 3.81. The maximum Gasteiger partial charge on any atom is 0.222 e. The first-order valence-electron chi connectivity index (χ1n) is 7.99. The molecule has 0 spiro atoms. The number of halogens is 1. The van der Waals surface area contributed by atoms with Crippen LogP contribution in [0.15, 0.2) is 24.3 Å². The highest BCUT2D eigenvalue weighted by Crippen LogP contribution is 2.23. The number of hydrogen-bond donors (Lipinski definition) is 1. The Kier molecular flexibility index (Phi) is 6.03. The third-order valence-corrected chi connectivity index (χ3v) is 4.16. The molecule has 1 saturated carbocycles. The number of carbonyl (C=O) groups is 1. The van der Waals surface area contributed by atoms with Gasteiger partial charge in [-0.05, 0) is 37.1 Å². The predicted molar refractivity (Wildman–Crippen MR) is 83.8 cm³/mol. The Morgan fingerprint density at radius 1 is 1.24 bits per heavy atom. The van der Waals surface area contributed by atoms with E-state index in [4.69, 9.17) is 0 Å². The largest absolute Gasteiger partial charge is 0.383 e. The van der Waals surface area contributed by atoms with Crippen LogP contribution in [-0.4, -0.2) is 29.9 Å². The zero-order valence-electron chi connectivity index (χ0n) is 12.8. The summed E-state index contributed by atoms with van der Waals surface area (Å²) < 4.78 is 12.9. The second-order valence-electron chi connectivity index (χ2n) is 5.67. The van der Waals surface area contributed by atoms with Crippen molar-refractivity contribution < 1.29 is 9.18 Å². The van der Waals surface area contributed by atoms with Crippen LogP contribution in [0.5, 0.6) is 0 Å². The molecule has 1 aromatic carbocycles. The topological polar surface area (TPSA) is 32.3 Å². The molecule has 1 aliphatic rings. The van der Waals surface area contributed by atoms with Crippen molar-refractivity contribution >= 4 is 11.6 Å². The second-order valence-corrected chi connectivity index (χ2v) is 5.67. The molecule has 3 nitrogen and oxygen atoms in total. The van der Waals surface area contributed by atoms with Gasteiger partial charge in [-0.2, -0.15) is 0 Å². The van der Waals surface area contributed by atoms with Crippen LogP contribution in [0, 0.1) is 5.82 Å². The molecule has 1 amide bonds. The Hall–Kier alpha value is -1.58. The lowest BCUT2D eigenvalue weighted by Gasteiger charge is -2.34. The number of benzene rings is 1. The van der Waals surface area contributed by atoms with Crippen molar-refractivity contribution in [1.82, 2.24) is 4.90 Å². The van der Waals surface area contributed by atoms with E-state index < -0.39 is 0 Å². The number of nitrogens with zero attached hydrogens (tertiary/aromatic N) is 1. The average Bonchev–Trinajstić information content (AvgIpc) is 2.53. The summed E-state index contributed by atoms with van der Waals surface area (Å²) in [7, 11) is 0. The maximum atomic E-state index is 12.9. The van der Waals surface area contributed by atoms with Crippen LogP contribution in [0.4, 0.5) is 10.1 Å². The van der Waals surface area contributed by atoms with Crippen LogP contribution in [0.1, 0.15) is 45.4 Å². The molecule has 0 atom stereocenters. The van der Waals surface area contributed by atoms with Crippen LogP contribution in [0.3, 0.4) is 0 Å². The number of rotatable bonds is 6. The molecule has 0 bridgehead atoms. The van der Waals surface area contributed by atoms with Gasteiger partial charge in [0.1, 0.15) is 5.82 Å². The molecule has 1 aliphatic carbocycles. The van der Waals surface area contributed by atoms with E-state index >= 15 is 0 Å². The van der Waals surface area contributed by atoms with E-state index in [1.165, 1.54) is 31.4 Å². The molecule has 0 saturated heterocycles. The molecule has 0 unspecified atom stereocenters. The van der Waals surface area contributed by atoms with Gasteiger partial charge in [0.25, 0.3) is 0 Å². The van der Waals surface area contributed by atoms with Gasteiger partial charge in [0, 0.05) is 31.2 Å². The van der Waals surface area contributed by atoms with Crippen LogP contribution in [0.2, 0.25) is 0 Å². The lowest BCUT2D eigenvalue weighted by molar-refractivity contribution is -0.133. The summed E-state index contributed by atoms with van der Waals surface area (Å²) in [6.07, 6.45) is 6.56. The molecular formula is C17H25FN2O. The van der Waals surface area contributed by atoms with E-state index in [0.717, 1.165) is 18.5 Å². The molecule has 1 aromatic rings. The van der Waals surface area contributed by atoms with Gasteiger partial charge in [-0.3, -0.25) is 4.79 Å². The van der Waals surface area contributed by atoms with Crippen molar-refractivity contribution in [1.29, 1.82) is 0 Å². The zero-order chi connectivity index (χ0) is 15.1. The number of carbonyl (C=O) groups excluding carboxylic acids is 1. The van der Waals surface area contributed by atoms with Crippen molar-refractivity contribution in [3.8, 4) is 0 Å². The summed E-state index contributed by atoms with van der Waals surface area (Å²) >= 11 is 0. The quantitative estimate of drug-likeness (QED) is 0.864. The zero-order valence-corrected chi connectivity index (χ0v) is 12.8. The molecule has 0 radical (unpaired) electrons. The number of anilines is 1. The molecule has 0 aromatic heterocycles. The van der Waals surface area contributed by atoms with Gasteiger partial charge < -0.3 is 10.2 Å². The standard InChI is InChI=1S/C17H25FN2O/c1-2-17(21)20(16-6-4-3-5-7-16)13-12-19-15-10-8-14(18)9-11-15/h8-11,16,19H,2-7,12-13H2,1H3. The first kappa shape index (κ1) is 15.8. The lowest BCUT2D eigenvalue weighted by atomic mass is 9.94. The lowest BCUT2D eigenvalue weighted by Crippen LogP contribution is -2.43. The molecule has 4 heteroatoms. The summed E-state index contributed by atoms with van der Waals surface area (Å²) in [5, 5.41) is 3.26. The minimum absolute atomic E-state index is 0.231. The van der Waals surface area contributed by atoms with E-state index in [-0.39, 0.29) is 11.7 Å². The Labute approximate surface area is 126 Å². The van der Waals surface area contributed by atoms with Crippen LogP contribution in [0.25, 0.3) is 0 Å². The third-order valence-electron chi connectivity index (χ3n) is 4.16. The molecule has 2 rings (SSSR count). The molecule has 1 fully saturated rings. The average molecular weight is 292 g/mol. The summed E-state index contributed by atoms with van der Waals surface area (Å²) in [4.78, 5) is 14.2. The fourth-order valence-electron chi connectivity index (χ4n) is 3.00. The van der Waals surface area contributed by atoms with Gasteiger partial charge in [0.05, 0.1) is 0 Å². The van der Waals surface area contributed by atoms with Gasteiger partial charge in [-0.1, -0.05) is 26.2 Å². The highest BCUT2D eigenvalue weighted by atomic mass is 19.1. The number of nitrogens with one attached hydrogen (secondary N) is 1. The third kappa shape index (κ3) is 4.73. The fraction of sp³-hybridized carbons (Fsp3) is 0.588. The summed E-state index contributed by atoms with van der Waals surface area (Å²) in [6, 6.07) is 6.74. The van der Waals surface area contributed by atoms with Crippen LogP contribution >= 0.6 is 0 Å². The van der Waals surface area contributed by atoms with E-state index in [9.17, 15) is 9.18 Å². The van der Waals surface area contributed by atoms with Gasteiger partial charge in [0.15, 0.2) is 0 Å². The smallest absolute Gasteiger partial charge is 0.222 e. The van der Waals surface area contributed by atoms with Gasteiger partial charge >= 0.3 is 0 Å². The van der Waals surface area contributed by atoms with E-state index in [0.29, 0.717) is 25.6 Å². The van der Waals surface area contributed by atoms with Gasteiger partial charge in [0.2, 0.25) is 5.91 Å². The van der Waals surface area contributed by atoms with Crippen molar-refractivity contribution in [2.45, 2.75) is 51.5 Å². The van der Waals surface area contributed by atoms with Crippen molar-refractivity contribution in [3.05, 3.63) is 30.1 Å². The monoisotopic (exact) mass is 292 g/mol. The first-order chi connectivity index (χ1) is 10.2. The number of hydrogen-bond acceptors (Lipinski definition) is 2. The first-order valence-corrected chi connectivity index (χ1v) is 7.99. The SMILES string of the molecule is CCC(=O)N(CCNc1ccc(F)cc1)C1CCCCC1. The van der Waals surface area contributed by atoms with Gasteiger partial charge in [-0.15, -0.1) is 0 Å². The van der Waals surface area contributed by atoms with E-state index in [1.54, 1.807) is 12.1 Å². The normalized spacial score (nSPS) is 15.7. The minimum Gasteiger partial charge on any atom is -0.383 e. The van der Waals surface area contributed by atoms with Gasteiger partial charge in [-0.25, -0.2) is 4.39 Å². The summed E-state index contributed by atoms with van der Waals surface area (Å²) in [6.45, 7) is 3.34. The van der Waals surface area contributed by atoms with Crippen LogP contribution in [-0.2, 0) is 4.79 Å². The minimum atomic E-state index is -0.231. The van der Waals surface area contributed by atoms with Crippen molar-refractivity contribution in [3.63, 3.8) is 0 Å². The van der Waals surface area contributed by atoms with Crippen molar-refractivity contribution in [2.24, 2.45) is 0 Å². The van der Waals surface area contributed by atoms with Crippen molar-refractivity contribution in [2.75, 3.05) is 18.4 Å². The molecule has 1 N–H and O–H groups in total. The van der Waals surface area contributed by atoms with E-state index in [2.05, 4.69) is 5.32 Å². The molecule has 21 heavy (non-hydrogen) atoms. The van der Waals surface area contributed by atoms with Crippen LogP contribution < -0.4 is 5.32 Å². The number of amides is 1. The molecule has 0 heterocycles. The summed E-state index contributed by atoms with van der Waals surface area (Å²) in [5.41, 5.74) is 0.893.